The number of aromatic amines is 1. The van der Waals surface area contributed by atoms with Gasteiger partial charge in [0.2, 0.25) is 0 Å². The summed E-state index contributed by atoms with van der Waals surface area (Å²) in [5.41, 5.74) is 1.79. The molecule has 0 saturated heterocycles. The van der Waals surface area contributed by atoms with Gasteiger partial charge in [0.05, 0.1) is 22.4 Å². The van der Waals surface area contributed by atoms with Crippen LogP contribution in [0.5, 0.6) is 0 Å². The van der Waals surface area contributed by atoms with Crippen molar-refractivity contribution in [1.82, 2.24) is 24.5 Å². The Morgan fingerprint density at radius 2 is 1.94 bits per heavy atom. The van der Waals surface area contributed by atoms with E-state index in [0.717, 1.165) is 31.1 Å². The van der Waals surface area contributed by atoms with Crippen LogP contribution in [0, 0.1) is 23.6 Å². The lowest BCUT2D eigenvalue weighted by Gasteiger charge is -2.47. The van der Waals surface area contributed by atoms with Gasteiger partial charge in [0.1, 0.15) is 11.3 Å². The number of pyridine rings is 1. The lowest BCUT2D eigenvalue weighted by molar-refractivity contribution is -0.151. The van der Waals surface area contributed by atoms with Crippen molar-refractivity contribution in [3.8, 4) is 11.4 Å². The number of hydrogen-bond donors (Lipinski definition) is 2. The number of halogens is 2. The molecule has 3 fully saturated rings. The third-order valence-corrected chi connectivity index (χ3v) is 7.25. The minimum Gasteiger partial charge on any atom is -0.481 e. The fourth-order valence-corrected chi connectivity index (χ4v) is 5.83. The van der Waals surface area contributed by atoms with E-state index in [2.05, 4.69) is 15.0 Å². The van der Waals surface area contributed by atoms with Gasteiger partial charge in [-0.3, -0.25) is 4.79 Å². The van der Waals surface area contributed by atoms with Crippen molar-refractivity contribution in [2.45, 2.75) is 31.7 Å². The van der Waals surface area contributed by atoms with E-state index in [1.54, 1.807) is 23.0 Å². The van der Waals surface area contributed by atoms with Crippen LogP contribution in [0.3, 0.4) is 0 Å². The first-order valence-electron chi connectivity index (χ1n) is 10.4. The average molecular weight is 440 g/mol. The summed E-state index contributed by atoms with van der Waals surface area (Å²) >= 11 is 6.12. The number of nitrogens with one attached hydrogen (secondary N) is 1. The second-order valence-corrected chi connectivity index (χ2v) is 9.03. The molecule has 3 aliphatic carbocycles. The number of hydrogen-bond acceptors (Lipinski definition) is 4. The van der Waals surface area contributed by atoms with Gasteiger partial charge < -0.3 is 14.7 Å². The molecule has 1 unspecified atom stereocenters. The van der Waals surface area contributed by atoms with Crippen molar-refractivity contribution in [2.24, 2.45) is 17.8 Å². The predicted octanol–water partition coefficient (Wildman–Crippen LogP) is 4.83. The molecule has 158 valence electrons. The Labute approximate surface area is 181 Å². The van der Waals surface area contributed by atoms with E-state index in [1.807, 2.05) is 0 Å². The molecule has 4 aromatic heterocycles. The molecule has 0 amide bonds. The normalized spacial score (nSPS) is 25.5. The van der Waals surface area contributed by atoms with E-state index in [1.165, 1.54) is 12.4 Å². The summed E-state index contributed by atoms with van der Waals surface area (Å²) in [5.74, 6) is -1.04. The second-order valence-electron chi connectivity index (χ2n) is 8.60. The van der Waals surface area contributed by atoms with Gasteiger partial charge in [-0.2, -0.15) is 0 Å². The maximum atomic E-state index is 14.8. The highest BCUT2D eigenvalue weighted by Crippen LogP contribution is 2.52. The first kappa shape index (κ1) is 18.7. The van der Waals surface area contributed by atoms with Gasteiger partial charge in [0, 0.05) is 35.7 Å². The zero-order chi connectivity index (χ0) is 21.3. The Kier molecular flexibility index (Phi) is 4.08. The maximum Gasteiger partial charge on any atom is 0.308 e. The summed E-state index contributed by atoms with van der Waals surface area (Å²) in [5, 5.41) is 11.5. The Morgan fingerprint density at radius 3 is 2.71 bits per heavy atom. The molecule has 31 heavy (non-hydrogen) atoms. The fourth-order valence-electron chi connectivity index (χ4n) is 5.68. The van der Waals surface area contributed by atoms with Gasteiger partial charge >= 0.3 is 5.97 Å². The van der Waals surface area contributed by atoms with Crippen molar-refractivity contribution in [1.29, 1.82) is 0 Å². The number of carbonyl (C=O) groups is 1. The summed E-state index contributed by atoms with van der Waals surface area (Å²) in [6, 6.07) is 1.47. The topological polar surface area (TPSA) is 96.7 Å². The summed E-state index contributed by atoms with van der Waals surface area (Å²) in [6.07, 6.45) is 9.94. The SMILES string of the molecule is O=C(O)[C@@H]1C2CCC(CC2)C1n1cc(F)c2cnc(-c3c[nH]c4ncc(Cl)cc34)nc21. The molecule has 0 aromatic carbocycles. The molecule has 2 bridgehead atoms. The largest absolute Gasteiger partial charge is 0.481 e. The van der Waals surface area contributed by atoms with Crippen molar-refractivity contribution in [2.75, 3.05) is 0 Å². The smallest absolute Gasteiger partial charge is 0.308 e. The molecular weight excluding hydrogens is 421 g/mol. The first-order valence-corrected chi connectivity index (χ1v) is 10.8. The molecule has 3 aliphatic rings. The monoisotopic (exact) mass is 439 g/mol. The minimum absolute atomic E-state index is 0.121. The van der Waals surface area contributed by atoms with Gasteiger partial charge in [-0.05, 0) is 43.6 Å². The summed E-state index contributed by atoms with van der Waals surface area (Å²) < 4.78 is 16.6. The van der Waals surface area contributed by atoms with Gasteiger partial charge in [-0.15, -0.1) is 0 Å². The number of rotatable bonds is 3. The molecule has 0 spiro atoms. The Hall–Kier alpha value is -3.00. The summed E-state index contributed by atoms with van der Waals surface area (Å²) in [6.45, 7) is 0. The molecule has 0 aliphatic heterocycles. The van der Waals surface area contributed by atoms with E-state index in [9.17, 15) is 14.3 Å². The third kappa shape index (κ3) is 2.77. The summed E-state index contributed by atoms with van der Waals surface area (Å²) in [7, 11) is 0. The number of aromatic nitrogens is 5. The van der Waals surface area contributed by atoms with Crippen molar-refractivity contribution >= 4 is 39.6 Å². The molecule has 4 heterocycles. The Balaban J connectivity index is 1.53. The van der Waals surface area contributed by atoms with Crippen LogP contribution >= 0.6 is 11.6 Å². The standard InChI is InChI=1S/C22H19ClFN5O2/c23-12-5-13-14(7-26-19(13)25-6-12)20-27-8-15-16(24)9-29(21(15)28-20)18-11-3-1-10(2-4-11)17(18)22(30)31/h5-11,17-18H,1-4H2,(H,25,26)(H,30,31)/t10?,11?,17-,18?/m1/s1. The van der Waals surface area contributed by atoms with Crippen molar-refractivity contribution in [3.63, 3.8) is 0 Å². The van der Waals surface area contributed by atoms with Crippen LogP contribution in [0.4, 0.5) is 4.39 Å². The lowest BCUT2D eigenvalue weighted by atomic mass is 9.61. The van der Waals surface area contributed by atoms with E-state index < -0.39 is 17.7 Å². The molecular formula is C22H19ClFN5O2. The quantitative estimate of drug-likeness (QED) is 0.476. The zero-order valence-corrected chi connectivity index (χ0v) is 17.2. The second kappa shape index (κ2) is 6.75. The van der Waals surface area contributed by atoms with Crippen LogP contribution in [0.1, 0.15) is 31.7 Å². The van der Waals surface area contributed by atoms with Gasteiger partial charge in [0.15, 0.2) is 11.6 Å². The van der Waals surface area contributed by atoms with Crippen LogP contribution < -0.4 is 0 Å². The fraction of sp³-hybridized carbons (Fsp3) is 0.364. The average Bonchev–Trinajstić information content (AvgIpc) is 3.34. The first-order chi connectivity index (χ1) is 15.0. The highest BCUT2D eigenvalue weighted by Gasteiger charge is 2.48. The van der Waals surface area contributed by atoms with E-state index in [-0.39, 0.29) is 17.9 Å². The zero-order valence-electron chi connectivity index (χ0n) is 16.4. The Bertz CT molecular complexity index is 1340. The van der Waals surface area contributed by atoms with Crippen molar-refractivity contribution in [3.05, 3.63) is 41.7 Å². The maximum absolute atomic E-state index is 14.8. The number of H-pyrrole nitrogens is 1. The number of nitrogens with zero attached hydrogens (tertiary/aromatic N) is 4. The lowest BCUT2D eigenvalue weighted by Crippen LogP contribution is -2.44. The van der Waals surface area contributed by atoms with Gasteiger partial charge in [-0.25, -0.2) is 19.3 Å². The van der Waals surface area contributed by atoms with E-state index in [4.69, 9.17) is 16.6 Å². The molecule has 0 radical (unpaired) electrons. The number of fused-ring (bicyclic) bond motifs is 5. The molecule has 2 N–H and O–H groups in total. The molecule has 4 aromatic rings. The molecule has 7 nitrogen and oxygen atoms in total. The van der Waals surface area contributed by atoms with Crippen LogP contribution in [0.15, 0.2) is 30.9 Å². The third-order valence-electron chi connectivity index (χ3n) is 7.04. The van der Waals surface area contributed by atoms with Crippen LogP contribution in [0.25, 0.3) is 33.5 Å². The van der Waals surface area contributed by atoms with E-state index in [0.29, 0.717) is 33.1 Å². The molecule has 7 rings (SSSR count). The van der Waals surface area contributed by atoms with Gasteiger partial charge in [0.25, 0.3) is 0 Å². The molecule has 3 saturated carbocycles. The number of aliphatic carboxylic acids is 1. The highest BCUT2D eigenvalue weighted by atomic mass is 35.5. The van der Waals surface area contributed by atoms with Crippen LogP contribution in [0.2, 0.25) is 5.02 Å². The molecule has 9 heteroatoms. The Morgan fingerprint density at radius 1 is 1.16 bits per heavy atom. The van der Waals surface area contributed by atoms with Crippen molar-refractivity contribution < 1.29 is 14.3 Å². The predicted molar refractivity (Wildman–Crippen MR) is 113 cm³/mol. The van der Waals surface area contributed by atoms with Crippen LogP contribution in [-0.4, -0.2) is 35.6 Å². The number of carboxylic acids is 1. The van der Waals surface area contributed by atoms with Gasteiger partial charge in [-0.1, -0.05) is 11.6 Å². The highest BCUT2D eigenvalue weighted by molar-refractivity contribution is 6.31. The van der Waals surface area contributed by atoms with E-state index >= 15 is 0 Å². The van der Waals surface area contributed by atoms with Crippen LogP contribution in [-0.2, 0) is 4.79 Å². The summed E-state index contributed by atoms with van der Waals surface area (Å²) in [4.78, 5) is 28.6. The minimum atomic E-state index is -0.812. The molecule has 2 atom stereocenters. The number of carboxylic acid groups (broad SMARTS) is 1.